The van der Waals surface area contributed by atoms with Gasteiger partial charge in [0.2, 0.25) is 0 Å². The Labute approximate surface area is 127 Å². The molecule has 0 aliphatic rings. The van der Waals surface area contributed by atoms with E-state index in [1.54, 1.807) is 6.07 Å². The van der Waals surface area contributed by atoms with Crippen molar-refractivity contribution in [1.82, 2.24) is 15.1 Å². The lowest BCUT2D eigenvalue weighted by Crippen LogP contribution is -2.19. The number of hydrogen-bond donors (Lipinski definition) is 1. The molecule has 1 atom stereocenters. The maximum atomic E-state index is 13.2. The lowest BCUT2D eigenvalue weighted by molar-refractivity contribution is 0.514. The molecule has 108 valence electrons. The highest BCUT2D eigenvalue weighted by Crippen LogP contribution is 2.26. The van der Waals surface area contributed by atoms with Gasteiger partial charge >= 0.3 is 0 Å². The SMILES string of the molecule is CNC(Cc1ccn(C(C)C)n1)c1ccc(F)cc1Br. The molecule has 0 fully saturated rings. The van der Waals surface area contributed by atoms with Gasteiger partial charge in [0, 0.05) is 29.2 Å². The van der Waals surface area contributed by atoms with Crippen LogP contribution >= 0.6 is 15.9 Å². The quantitative estimate of drug-likeness (QED) is 0.896. The van der Waals surface area contributed by atoms with E-state index in [1.807, 2.05) is 24.0 Å². The molecule has 0 spiro atoms. The van der Waals surface area contributed by atoms with Crippen molar-refractivity contribution >= 4 is 15.9 Å². The van der Waals surface area contributed by atoms with E-state index >= 15 is 0 Å². The van der Waals surface area contributed by atoms with Gasteiger partial charge in [-0.05, 0) is 44.7 Å². The Morgan fingerprint density at radius 2 is 2.10 bits per heavy atom. The Hall–Kier alpha value is -1.20. The maximum Gasteiger partial charge on any atom is 0.124 e. The summed E-state index contributed by atoms with van der Waals surface area (Å²) in [6, 6.07) is 7.26. The Bertz CT molecular complexity index is 580. The molecule has 1 heterocycles. The summed E-state index contributed by atoms with van der Waals surface area (Å²) in [5.74, 6) is -0.237. The molecule has 1 aromatic carbocycles. The molecule has 5 heteroatoms. The van der Waals surface area contributed by atoms with Crippen molar-refractivity contribution in [2.45, 2.75) is 32.4 Å². The van der Waals surface area contributed by atoms with Crippen molar-refractivity contribution in [1.29, 1.82) is 0 Å². The number of halogens is 2. The van der Waals surface area contributed by atoms with Crippen LogP contribution in [0.4, 0.5) is 4.39 Å². The number of aromatic nitrogens is 2. The summed E-state index contributed by atoms with van der Waals surface area (Å²) >= 11 is 3.42. The number of nitrogens with one attached hydrogen (secondary N) is 1. The van der Waals surface area contributed by atoms with Gasteiger partial charge in [0.1, 0.15) is 5.82 Å². The van der Waals surface area contributed by atoms with Crippen molar-refractivity contribution in [3.05, 3.63) is 52.0 Å². The van der Waals surface area contributed by atoms with E-state index in [9.17, 15) is 4.39 Å². The molecule has 1 N–H and O–H groups in total. The third-order valence-corrected chi connectivity index (χ3v) is 3.98. The normalized spacial score (nSPS) is 12.9. The van der Waals surface area contributed by atoms with Crippen molar-refractivity contribution in [3.8, 4) is 0 Å². The van der Waals surface area contributed by atoms with Gasteiger partial charge in [-0.25, -0.2) is 4.39 Å². The summed E-state index contributed by atoms with van der Waals surface area (Å²) in [6.45, 7) is 4.20. The van der Waals surface area contributed by atoms with E-state index in [-0.39, 0.29) is 11.9 Å². The van der Waals surface area contributed by atoms with Crippen molar-refractivity contribution in [2.75, 3.05) is 7.05 Å². The second-order valence-corrected chi connectivity index (χ2v) is 5.95. The minimum atomic E-state index is -0.237. The van der Waals surface area contributed by atoms with Gasteiger partial charge in [-0.2, -0.15) is 5.10 Å². The van der Waals surface area contributed by atoms with Crippen LogP contribution in [-0.4, -0.2) is 16.8 Å². The summed E-state index contributed by atoms with van der Waals surface area (Å²) in [6.07, 6.45) is 2.76. The molecule has 0 aliphatic carbocycles. The van der Waals surface area contributed by atoms with Crippen LogP contribution in [0.3, 0.4) is 0 Å². The van der Waals surface area contributed by atoms with E-state index in [4.69, 9.17) is 0 Å². The highest BCUT2D eigenvalue weighted by Gasteiger charge is 2.15. The fourth-order valence-corrected chi connectivity index (χ4v) is 2.76. The first-order valence-electron chi connectivity index (χ1n) is 6.67. The van der Waals surface area contributed by atoms with Crippen LogP contribution in [0.5, 0.6) is 0 Å². The third-order valence-electron chi connectivity index (χ3n) is 3.29. The minimum absolute atomic E-state index is 0.0977. The zero-order valence-electron chi connectivity index (χ0n) is 11.9. The van der Waals surface area contributed by atoms with Crippen LogP contribution in [0.2, 0.25) is 0 Å². The molecule has 3 nitrogen and oxygen atoms in total. The molecule has 0 aliphatic heterocycles. The van der Waals surface area contributed by atoms with E-state index < -0.39 is 0 Å². The average molecular weight is 340 g/mol. The standard InChI is InChI=1S/C15H19BrFN3/c1-10(2)20-7-6-12(19-20)9-15(18-3)13-5-4-11(17)8-14(13)16/h4-8,10,15,18H,9H2,1-3H3. The van der Waals surface area contributed by atoms with Gasteiger partial charge in [-0.1, -0.05) is 22.0 Å². The molecule has 0 amide bonds. The highest BCUT2D eigenvalue weighted by molar-refractivity contribution is 9.10. The maximum absolute atomic E-state index is 13.2. The topological polar surface area (TPSA) is 29.9 Å². The molecule has 0 bridgehead atoms. The molecule has 20 heavy (non-hydrogen) atoms. The van der Waals surface area contributed by atoms with Crippen LogP contribution in [0, 0.1) is 5.82 Å². The van der Waals surface area contributed by atoms with Gasteiger partial charge in [-0.15, -0.1) is 0 Å². The van der Waals surface area contributed by atoms with Crippen LogP contribution < -0.4 is 5.32 Å². The smallest absolute Gasteiger partial charge is 0.124 e. The van der Waals surface area contributed by atoms with Gasteiger partial charge in [0.15, 0.2) is 0 Å². The second-order valence-electron chi connectivity index (χ2n) is 5.09. The molecule has 2 aromatic rings. The first-order chi connectivity index (χ1) is 9.51. The van der Waals surface area contributed by atoms with E-state index in [0.717, 1.165) is 22.2 Å². The fraction of sp³-hybridized carbons (Fsp3) is 0.400. The summed E-state index contributed by atoms with van der Waals surface area (Å²) in [4.78, 5) is 0. The summed E-state index contributed by atoms with van der Waals surface area (Å²) in [5.41, 5.74) is 2.06. The van der Waals surface area contributed by atoms with E-state index in [2.05, 4.69) is 40.2 Å². The lowest BCUT2D eigenvalue weighted by atomic mass is 10.0. The van der Waals surface area contributed by atoms with Crippen molar-refractivity contribution in [3.63, 3.8) is 0 Å². The molecule has 0 radical (unpaired) electrons. The number of likely N-dealkylation sites (N-methyl/N-ethyl adjacent to an activating group) is 1. The second kappa shape index (κ2) is 6.50. The highest BCUT2D eigenvalue weighted by atomic mass is 79.9. The average Bonchev–Trinajstić information content (AvgIpc) is 2.85. The molecule has 0 saturated carbocycles. The Kier molecular flexibility index (Phi) is 4.94. The molecule has 1 aromatic heterocycles. The molecule has 1 unspecified atom stereocenters. The van der Waals surface area contributed by atoms with Gasteiger partial charge in [-0.3, -0.25) is 4.68 Å². The summed E-state index contributed by atoms with van der Waals surface area (Å²) < 4.78 is 15.9. The first-order valence-corrected chi connectivity index (χ1v) is 7.46. The van der Waals surface area contributed by atoms with Gasteiger partial charge < -0.3 is 5.32 Å². The summed E-state index contributed by atoms with van der Waals surface area (Å²) in [7, 11) is 1.90. The molecule has 2 rings (SSSR count). The Morgan fingerprint density at radius 1 is 1.35 bits per heavy atom. The zero-order valence-corrected chi connectivity index (χ0v) is 13.5. The minimum Gasteiger partial charge on any atom is -0.313 e. The van der Waals surface area contributed by atoms with Gasteiger partial charge in [0.25, 0.3) is 0 Å². The summed E-state index contributed by atoms with van der Waals surface area (Å²) in [5, 5.41) is 7.82. The lowest BCUT2D eigenvalue weighted by Gasteiger charge is -2.17. The first kappa shape index (κ1) is 15.2. The van der Waals surface area contributed by atoms with Gasteiger partial charge in [0.05, 0.1) is 5.69 Å². The molecular weight excluding hydrogens is 321 g/mol. The van der Waals surface area contributed by atoms with Crippen LogP contribution in [0.1, 0.15) is 37.2 Å². The number of nitrogens with zero attached hydrogens (tertiary/aromatic N) is 2. The Morgan fingerprint density at radius 3 is 2.65 bits per heavy atom. The van der Waals surface area contributed by atoms with E-state index in [1.165, 1.54) is 12.1 Å². The number of hydrogen-bond acceptors (Lipinski definition) is 2. The molecule has 0 saturated heterocycles. The zero-order chi connectivity index (χ0) is 14.7. The monoisotopic (exact) mass is 339 g/mol. The number of rotatable bonds is 5. The van der Waals surface area contributed by atoms with Crippen molar-refractivity contribution in [2.24, 2.45) is 0 Å². The third kappa shape index (κ3) is 3.46. The number of benzene rings is 1. The largest absolute Gasteiger partial charge is 0.313 e. The van der Waals surface area contributed by atoms with Crippen LogP contribution in [0.25, 0.3) is 0 Å². The van der Waals surface area contributed by atoms with Crippen LogP contribution in [-0.2, 0) is 6.42 Å². The molecular formula is C15H19BrFN3. The predicted molar refractivity (Wildman–Crippen MR) is 82.2 cm³/mol. The Balaban J connectivity index is 2.19. The van der Waals surface area contributed by atoms with Crippen LogP contribution in [0.15, 0.2) is 34.9 Å². The van der Waals surface area contributed by atoms with Crippen molar-refractivity contribution < 1.29 is 4.39 Å². The predicted octanol–water partition coefficient (Wildman–Crippen LogP) is 3.87. The fourth-order valence-electron chi connectivity index (χ4n) is 2.13. The van der Waals surface area contributed by atoms with E-state index in [0.29, 0.717) is 6.04 Å².